The van der Waals surface area contributed by atoms with Gasteiger partial charge in [-0.3, -0.25) is 4.98 Å². The summed E-state index contributed by atoms with van der Waals surface area (Å²) in [6.07, 6.45) is 2.87. The van der Waals surface area contributed by atoms with Gasteiger partial charge in [-0.1, -0.05) is 0 Å². The van der Waals surface area contributed by atoms with Crippen molar-refractivity contribution >= 4 is 17.9 Å². The van der Waals surface area contributed by atoms with Crippen LogP contribution in [0.1, 0.15) is 39.0 Å². The first-order chi connectivity index (χ1) is 11.5. The Kier molecular flexibility index (Phi) is 5.78. The molecule has 0 aliphatic carbocycles. The maximum Gasteiger partial charge on any atom is 0.341 e. The number of nitrogens with one attached hydrogen (secondary N) is 1. The molecule has 2 heterocycles. The van der Waals surface area contributed by atoms with E-state index in [1.54, 1.807) is 26.0 Å². The molecule has 0 amide bonds. The summed E-state index contributed by atoms with van der Waals surface area (Å²) in [5, 5.41) is 3.01. The lowest BCUT2D eigenvalue weighted by Gasteiger charge is -2.08. The second-order valence-electron chi connectivity index (χ2n) is 4.80. The first kappa shape index (κ1) is 17.3. The van der Waals surface area contributed by atoms with Crippen molar-refractivity contribution in [2.75, 3.05) is 19.0 Å². The summed E-state index contributed by atoms with van der Waals surface area (Å²) in [5.74, 6) is -0.503. The second kappa shape index (κ2) is 8.00. The second-order valence-corrected chi connectivity index (χ2v) is 4.80. The van der Waals surface area contributed by atoms with Crippen molar-refractivity contribution < 1.29 is 19.1 Å². The molecule has 0 aliphatic rings. The number of hydrogen-bond donors (Lipinski definition) is 1. The first-order valence-corrected chi connectivity index (χ1v) is 7.33. The number of rotatable bonds is 6. The third kappa shape index (κ3) is 4.25. The third-order valence-electron chi connectivity index (χ3n) is 3.15. The summed E-state index contributed by atoms with van der Waals surface area (Å²) >= 11 is 0. The van der Waals surface area contributed by atoms with Gasteiger partial charge in [0.1, 0.15) is 0 Å². The van der Waals surface area contributed by atoms with Gasteiger partial charge in [-0.05, 0) is 26.0 Å². The summed E-state index contributed by atoms with van der Waals surface area (Å²) in [6.45, 7) is 4.12. The minimum absolute atomic E-state index is 0.297. The zero-order chi connectivity index (χ0) is 17.5. The molecular formula is C16H18N4O4. The van der Waals surface area contributed by atoms with Crippen molar-refractivity contribution in [3.05, 3.63) is 47.0 Å². The van der Waals surface area contributed by atoms with Gasteiger partial charge < -0.3 is 14.8 Å². The van der Waals surface area contributed by atoms with Crippen LogP contribution in [0.4, 0.5) is 5.95 Å². The highest BCUT2D eigenvalue weighted by Crippen LogP contribution is 2.10. The normalized spacial score (nSPS) is 10.1. The molecule has 8 heteroatoms. The molecule has 0 spiro atoms. The molecule has 2 rings (SSSR count). The molecule has 2 aromatic rings. The van der Waals surface area contributed by atoms with Gasteiger partial charge in [0.05, 0.1) is 42.8 Å². The number of pyridine rings is 1. The molecule has 0 aliphatic heterocycles. The van der Waals surface area contributed by atoms with E-state index in [1.165, 1.54) is 19.5 Å². The fourth-order valence-electron chi connectivity index (χ4n) is 1.90. The van der Waals surface area contributed by atoms with E-state index in [0.717, 1.165) is 0 Å². The average molecular weight is 330 g/mol. The van der Waals surface area contributed by atoms with E-state index in [4.69, 9.17) is 4.74 Å². The summed E-state index contributed by atoms with van der Waals surface area (Å²) in [6, 6.07) is 3.34. The summed E-state index contributed by atoms with van der Waals surface area (Å²) in [7, 11) is 1.32. The molecule has 0 unspecified atom stereocenters. The Balaban J connectivity index is 2.00. The Hall–Kier alpha value is -3.03. The molecule has 0 atom stereocenters. The van der Waals surface area contributed by atoms with Crippen LogP contribution in [0.5, 0.6) is 0 Å². The van der Waals surface area contributed by atoms with E-state index in [1.807, 2.05) is 0 Å². The van der Waals surface area contributed by atoms with Crippen LogP contribution in [0.2, 0.25) is 0 Å². The molecule has 24 heavy (non-hydrogen) atoms. The van der Waals surface area contributed by atoms with E-state index in [-0.39, 0.29) is 0 Å². The lowest BCUT2D eigenvalue weighted by atomic mass is 10.2. The Morgan fingerprint density at radius 3 is 2.54 bits per heavy atom. The number of anilines is 1. The standard InChI is InChI=1S/C16H18N4O4/c1-4-24-15(22)13-9-19-16(20-10(13)2)18-8-12-6-5-11(7-17-12)14(21)23-3/h5-7,9H,4,8H2,1-3H3,(H,18,19,20). The zero-order valence-electron chi connectivity index (χ0n) is 13.7. The molecule has 0 radical (unpaired) electrons. The molecule has 8 nitrogen and oxygen atoms in total. The summed E-state index contributed by atoms with van der Waals surface area (Å²) < 4.78 is 9.54. The highest BCUT2D eigenvalue weighted by molar-refractivity contribution is 5.90. The monoisotopic (exact) mass is 330 g/mol. The Morgan fingerprint density at radius 1 is 1.17 bits per heavy atom. The van der Waals surface area contributed by atoms with Gasteiger partial charge in [-0.25, -0.2) is 19.6 Å². The number of ether oxygens (including phenoxy) is 2. The molecule has 126 valence electrons. The predicted octanol–water partition coefficient (Wildman–Crippen LogP) is 1.76. The van der Waals surface area contributed by atoms with Crippen molar-refractivity contribution in [1.29, 1.82) is 0 Å². The minimum Gasteiger partial charge on any atom is -0.465 e. The van der Waals surface area contributed by atoms with Crippen molar-refractivity contribution in [3.8, 4) is 0 Å². The third-order valence-corrected chi connectivity index (χ3v) is 3.15. The molecule has 1 N–H and O–H groups in total. The molecule has 0 fully saturated rings. The summed E-state index contributed by atoms with van der Waals surface area (Å²) in [4.78, 5) is 35.5. The fraction of sp³-hybridized carbons (Fsp3) is 0.312. The van der Waals surface area contributed by atoms with Crippen LogP contribution in [0.25, 0.3) is 0 Å². The lowest BCUT2D eigenvalue weighted by molar-refractivity contribution is 0.0523. The molecule has 0 saturated carbocycles. The van der Waals surface area contributed by atoms with E-state index in [2.05, 4.69) is 25.0 Å². The number of nitrogens with zero attached hydrogens (tertiary/aromatic N) is 3. The van der Waals surface area contributed by atoms with Crippen LogP contribution in [-0.2, 0) is 16.0 Å². The highest BCUT2D eigenvalue weighted by atomic mass is 16.5. The molecule has 0 aromatic carbocycles. The van der Waals surface area contributed by atoms with Crippen LogP contribution in [0, 0.1) is 6.92 Å². The number of aromatic nitrogens is 3. The SMILES string of the molecule is CCOC(=O)c1cnc(NCc2ccc(C(=O)OC)cn2)nc1C. The van der Waals surface area contributed by atoms with Crippen molar-refractivity contribution in [2.24, 2.45) is 0 Å². The van der Waals surface area contributed by atoms with Gasteiger partial charge in [0.25, 0.3) is 0 Å². The van der Waals surface area contributed by atoms with Gasteiger partial charge in [-0.2, -0.15) is 0 Å². The van der Waals surface area contributed by atoms with Crippen molar-refractivity contribution in [1.82, 2.24) is 15.0 Å². The fourth-order valence-corrected chi connectivity index (χ4v) is 1.90. The number of carbonyl (C=O) groups excluding carboxylic acids is 2. The van der Waals surface area contributed by atoms with Gasteiger partial charge in [0, 0.05) is 12.4 Å². The quantitative estimate of drug-likeness (QED) is 0.799. The number of aryl methyl sites for hydroxylation is 1. The lowest BCUT2D eigenvalue weighted by Crippen LogP contribution is -2.11. The summed E-state index contributed by atoms with van der Waals surface area (Å²) in [5.41, 5.74) is 1.95. The van der Waals surface area contributed by atoms with Crippen LogP contribution in [-0.4, -0.2) is 40.6 Å². The highest BCUT2D eigenvalue weighted by Gasteiger charge is 2.12. The Morgan fingerprint density at radius 2 is 1.96 bits per heavy atom. The van der Waals surface area contributed by atoms with Gasteiger partial charge in [-0.15, -0.1) is 0 Å². The number of esters is 2. The topological polar surface area (TPSA) is 103 Å². The van der Waals surface area contributed by atoms with Crippen molar-refractivity contribution in [3.63, 3.8) is 0 Å². The number of methoxy groups -OCH3 is 1. The largest absolute Gasteiger partial charge is 0.465 e. The molecular weight excluding hydrogens is 312 g/mol. The first-order valence-electron chi connectivity index (χ1n) is 7.33. The van der Waals surface area contributed by atoms with Crippen LogP contribution in [0.15, 0.2) is 24.5 Å². The maximum atomic E-state index is 11.7. The van der Waals surface area contributed by atoms with Crippen LogP contribution >= 0.6 is 0 Å². The minimum atomic E-state index is -0.443. The number of hydrogen-bond acceptors (Lipinski definition) is 8. The predicted molar refractivity (Wildman–Crippen MR) is 85.6 cm³/mol. The Bertz CT molecular complexity index is 731. The maximum absolute atomic E-state index is 11.7. The average Bonchev–Trinajstić information content (AvgIpc) is 2.60. The van der Waals surface area contributed by atoms with Crippen LogP contribution < -0.4 is 5.32 Å². The smallest absolute Gasteiger partial charge is 0.341 e. The van der Waals surface area contributed by atoms with Crippen molar-refractivity contribution in [2.45, 2.75) is 20.4 Å². The van der Waals surface area contributed by atoms with Gasteiger partial charge in [0.2, 0.25) is 5.95 Å². The molecule has 0 saturated heterocycles. The van der Waals surface area contributed by atoms with Crippen LogP contribution in [0.3, 0.4) is 0 Å². The van der Waals surface area contributed by atoms with E-state index < -0.39 is 11.9 Å². The van der Waals surface area contributed by atoms with E-state index in [0.29, 0.717) is 41.6 Å². The molecule has 2 aromatic heterocycles. The number of carbonyl (C=O) groups is 2. The molecule has 0 bridgehead atoms. The van der Waals surface area contributed by atoms with Gasteiger partial charge in [0.15, 0.2) is 0 Å². The van der Waals surface area contributed by atoms with Gasteiger partial charge >= 0.3 is 11.9 Å². The zero-order valence-corrected chi connectivity index (χ0v) is 13.7. The Labute approximate surface area is 139 Å². The van der Waals surface area contributed by atoms with E-state index >= 15 is 0 Å². The van der Waals surface area contributed by atoms with E-state index in [9.17, 15) is 9.59 Å².